The Hall–Kier alpha value is -2.31. The van der Waals surface area contributed by atoms with E-state index in [1.807, 2.05) is 0 Å². The van der Waals surface area contributed by atoms with Crippen molar-refractivity contribution in [2.24, 2.45) is 0 Å². The number of nitrogens with zero attached hydrogens (tertiary/aromatic N) is 2. The van der Waals surface area contributed by atoms with E-state index >= 15 is 0 Å². The molecule has 0 radical (unpaired) electrons. The van der Waals surface area contributed by atoms with Gasteiger partial charge in [-0.1, -0.05) is 12.1 Å². The van der Waals surface area contributed by atoms with Gasteiger partial charge in [0.05, 0.1) is 5.56 Å². The highest BCUT2D eigenvalue weighted by atomic mass is 19.4. The van der Waals surface area contributed by atoms with E-state index in [9.17, 15) is 13.2 Å². The molecule has 1 aromatic carbocycles. The van der Waals surface area contributed by atoms with Gasteiger partial charge in [-0.05, 0) is 24.6 Å². The van der Waals surface area contributed by atoms with Crippen LogP contribution in [0.1, 0.15) is 16.8 Å². The monoisotopic (exact) mass is 282 g/mol. The van der Waals surface area contributed by atoms with Crippen LogP contribution in [0, 0.1) is 6.92 Å². The highest BCUT2D eigenvalue weighted by Gasteiger charge is 2.29. The van der Waals surface area contributed by atoms with E-state index in [0.717, 1.165) is 12.1 Å². The molecule has 2 rings (SSSR count). The number of anilines is 2. The van der Waals surface area contributed by atoms with Crippen molar-refractivity contribution < 1.29 is 13.2 Å². The summed E-state index contributed by atoms with van der Waals surface area (Å²) in [5.41, 5.74) is 6.32. The molecule has 1 aromatic heterocycles. The third-order valence-corrected chi connectivity index (χ3v) is 2.61. The van der Waals surface area contributed by atoms with Gasteiger partial charge >= 0.3 is 6.18 Å². The van der Waals surface area contributed by atoms with Crippen LogP contribution in [0.15, 0.2) is 30.3 Å². The van der Waals surface area contributed by atoms with Crippen LogP contribution in [0.4, 0.5) is 24.9 Å². The van der Waals surface area contributed by atoms with Crippen LogP contribution in [0.25, 0.3) is 0 Å². The zero-order valence-corrected chi connectivity index (χ0v) is 10.7. The van der Waals surface area contributed by atoms with E-state index in [0.29, 0.717) is 29.6 Å². The Morgan fingerprint density at radius 1 is 1.15 bits per heavy atom. The van der Waals surface area contributed by atoms with Crippen LogP contribution >= 0.6 is 0 Å². The summed E-state index contributed by atoms with van der Waals surface area (Å²) >= 11 is 0. The van der Waals surface area contributed by atoms with Crippen molar-refractivity contribution in [2.45, 2.75) is 19.6 Å². The molecule has 3 N–H and O–H groups in total. The Morgan fingerprint density at radius 3 is 2.35 bits per heavy atom. The summed E-state index contributed by atoms with van der Waals surface area (Å²) in [6.45, 7) is 2.10. The first kappa shape index (κ1) is 14.1. The second-order valence-electron chi connectivity index (χ2n) is 4.31. The highest BCUT2D eigenvalue weighted by Crippen LogP contribution is 2.29. The molecule has 0 aliphatic rings. The number of rotatable bonds is 3. The number of benzene rings is 1. The third-order valence-electron chi connectivity index (χ3n) is 2.61. The number of alkyl halides is 3. The lowest BCUT2D eigenvalue weighted by Gasteiger charge is -2.09. The molecular formula is C13H13F3N4. The Bertz CT molecular complexity index is 573. The highest BCUT2D eigenvalue weighted by molar-refractivity contribution is 5.38. The molecule has 0 amide bonds. The molecule has 0 saturated heterocycles. The predicted molar refractivity (Wildman–Crippen MR) is 70.0 cm³/mol. The van der Waals surface area contributed by atoms with Gasteiger partial charge in [0.25, 0.3) is 0 Å². The summed E-state index contributed by atoms with van der Waals surface area (Å²) in [7, 11) is 0. The lowest BCUT2D eigenvalue weighted by molar-refractivity contribution is -0.137. The van der Waals surface area contributed by atoms with E-state index in [1.54, 1.807) is 13.0 Å². The lowest BCUT2D eigenvalue weighted by atomic mass is 10.1. The number of hydrogen-bond acceptors (Lipinski definition) is 4. The Labute approximate surface area is 113 Å². The van der Waals surface area contributed by atoms with Crippen LogP contribution in [0.3, 0.4) is 0 Å². The molecule has 0 fully saturated rings. The van der Waals surface area contributed by atoms with Gasteiger partial charge < -0.3 is 11.1 Å². The first-order valence-corrected chi connectivity index (χ1v) is 5.86. The zero-order chi connectivity index (χ0) is 14.8. The molecule has 0 aliphatic heterocycles. The van der Waals surface area contributed by atoms with Crippen molar-refractivity contribution >= 4 is 11.8 Å². The molecule has 0 bridgehead atoms. The van der Waals surface area contributed by atoms with Gasteiger partial charge in [0.15, 0.2) is 0 Å². The minimum atomic E-state index is -4.32. The second kappa shape index (κ2) is 5.36. The summed E-state index contributed by atoms with van der Waals surface area (Å²) in [4.78, 5) is 8.11. The fourth-order valence-corrected chi connectivity index (χ4v) is 1.66. The number of aromatic nitrogens is 2. The summed E-state index contributed by atoms with van der Waals surface area (Å²) < 4.78 is 37.2. The van der Waals surface area contributed by atoms with Gasteiger partial charge in [-0.2, -0.15) is 18.2 Å². The van der Waals surface area contributed by atoms with E-state index in [-0.39, 0.29) is 0 Å². The van der Waals surface area contributed by atoms with Crippen LogP contribution in [0.5, 0.6) is 0 Å². The first-order chi connectivity index (χ1) is 9.34. The maximum atomic E-state index is 12.4. The van der Waals surface area contributed by atoms with Gasteiger partial charge in [0.2, 0.25) is 5.95 Å². The molecule has 106 valence electrons. The van der Waals surface area contributed by atoms with Crippen molar-refractivity contribution in [3.8, 4) is 0 Å². The predicted octanol–water partition coefficient (Wildman–Crippen LogP) is 3.00. The number of aryl methyl sites for hydroxylation is 1. The van der Waals surface area contributed by atoms with Crippen molar-refractivity contribution in [1.82, 2.24) is 9.97 Å². The average Bonchev–Trinajstić information content (AvgIpc) is 2.35. The lowest BCUT2D eigenvalue weighted by Crippen LogP contribution is -2.07. The minimum Gasteiger partial charge on any atom is -0.384 e. The Morgan fingerprint density at radius 2 is 1.80 bits per heavy atom. The summed E-state index contributed by atoms with van der Waals surface area (Å²) in [5.74, 6) is 0.690. The van der Waals surface area contributed by atoms with Crippen molar-refractivity contribution in [2.75, 3.05) is 11.1 Å². The molecule has 0 aliphatic carbocycles. The smallest absolute Gasteiger partial charge is 0.384 e. The van der Waals surface area contributed by atoms with Crippen LogP contribution in [0.2, 0.25) is 0 Å². The fraction of sp³-hybridized carbons (Fsp3) is 0.231. The topological polar surface area (TPSA) is 63.8 Å². The summed E-state index contributed by atoms with van der Waals surface area (Å²) in [6, 6.07) is 6.54. The molecule has 0 saturated carbocycles. The SMILES string of the molecule is Cc1cc(N)nc(NCc2ccc(C(F)(F)F)cc2)n1. The van der Waals surface area contributed by atoms with Gasteiger partial charge in [0, 0.05) is 18.3 Å². The number of nitrogen functional groups attached to an aromatic ring is 1. The Balaban J connectivity index is 2.04. The molecule has 4 nitrogen and oxygen atoms in total. The third kappa shape index (κ3) is 3.59. The van der Waals surface area contributed by atoms with E-state index < -0.39 is 11.7 Å². The van der Waals surface area contributed by atoms with Crippen LogP contribution in [-0.4, -0.2) is 9.97 Å². The zero-order valence-electron chi connectivity index (χ0n) is 10.7. The molecule has 20 heavy (non-hydrogen) atoms. The van der Waals surface area contributed by atoms with E-state index in [2.05, 4.69) is 15.3 Å². The maximum absolute atomic E-state index is 12.4. The van der Waals surface area contributed by atoms with Gasteiger partial charge in [-0.15, -0.1) is 0 Å². The number of nitrogens with one attached hydrogen (secondary N) is 1. The van der Waals surface area contributed by atoms with Crippen molar-refractivity contribution in [3.05, 3.63) is 47.2 Å². The first-order valence-electron chi connectivity index (χ1n) is 5.86. The van der Waals surface area contributed by atoms with Crippen molar-refractivity contribution in [1.29, 1.82) is 0 Å². The molecule has 2 aromatic rings. The Kier molecular flexibility index (Phi) is 3.78. The largest absolute Gasteiger partial charge is 0.416 e. The minimum absolute atomic E-state index is 0.320. The van der Waals surface area contributed by atoms with Crippen molar-refractivity contribution in [3.63, 3.8) is 0 Å². The molecule has 1 heterocycles. The van der Waals surface area contributed by atoms with Gasteiger partial charge in [0.1, 0.15) is 5.82 Å². The molecule has 0 spiro atoms. The number of nitrogens with two attached hydrogens (primary N) is 1. The van der Waals surface area contributed by atoms with E-state index in [1.165, 1.54) is 12.1 Å². The summed E-state index contributed by atoms with van der Waals surface area (Å²) in [6.07, 6.45) is -4.32. The number of halogens is 3. The number of hydrogen-bond donors (Lipinski definition) is 2. The molecule has 0 atom stereocenters. The molecule has 0 unspecified atom stereocenters. The average molecular weight is 282 g/mol. The standard InChI is InChI=1S/C13H13F3N4/c1-8-6-11(17)20-12(19-8)18-7-9-2-4-10(5-3-9)13(14,15)16/h2-6H,7H2,1H3,(H3,17,18,19,20). The normalized spacial score (nSPS) is 11.4. The van der Waals surface area contributed by atoms with Crippen LogP contribution < -0.4 is 11.1 Å². The quantitative estimate of drug-likeness (QED) is 0.908. The fourth-order valence-electron chi connectivity index (χ4n) is 1.66. The molecular weight excluding hydrogens is 269 g/mol. The maximum Gasteiger partial charge on any atom is 0.416 e. The molecule has 7 heteroatoms. The second-order valence-corrected chi connectivity index (χ2v) is 4.31. The van der Waals surface area contributed by atoms with Crippen LogP contribution in [-0.2, 0) is 12.7 Å². The van der Waals surface area contributed by atoms with Gasteiger partial charge in [-0.25, -0.2) is 4.98 Å². The summed E-state index contributed by atoms with van der Waals surface area (Å²) in [5, 5.41) is 2.92. The van der Waals surface area contributed by atoms with Gasteiger partial charge in [-0.3, -0.25) is 0 Å². The van der Waals surface area contributed by atoms with E-state index in [4.69, 9.17) is 5.73 Å².